The first-order valence-electron chi connectivity index (χ1n) is 6.83. The number of carbonyl (C=O) groups excluding carboxylic acids is 1. The molecule has 2 rings (SSSR count). The summed E-state index contributed by atoms with van der Waals surface area (Å²) in [5.41, 5.74) is -0.287. The van der Waals surface area contributed by atoms with Gasteiger partial charge < -0.3 is 20.1 Å². The second-order valence-electron chi connectivity index (χ2n) is 4.95. The van der Waals surface area contributed by atoms with Crippen molar-refractivity contribution in [3.8, 4) is 0 Å². The number of aromatic amines is 1. The summed E-state index contributed by atoms with van der Waals surface area (Å²) in [5.74, 6) is -1.64. The van der Waals surface area contributed by atoms with Crippen molar-refractivity contribution in [1.82, 2.24) is 14.9 Å². The van der Waals surface area contributed by atoms with Crippen LogP contribution in [0.15, 0.2) is 6.33 Å². The van der Waals surface area contributed by atoms with Crippen molar-refractivity contribution in [3.05, 3.63) is 17.7 Å². The third-order valence-corrected chi connectivity index (χ3v) is 3.67. The van der Waals surface area contributed by atoms with Crippen molar-refractivity contribution in [3.63, 3.8) is 0 Å². The SMILES string of the molecule is O=C(O)c1[nH]cnc1C(=O)N(CCO)C1CCCCC1. The first-order valence-corrected chi connectivity index (χ1v) is 6.83. The molecule has 1 aromatic heterocycles. The summed E-state index contributed by atoms with van der Waals surface area (Å²) < 4.78 is 0. The number of carboxylic acid groups (broad SMARTS) is 1. The molecule has 20 heavy (non-hydrogen) atoms. The van der Waals surface area contributed by atoms with Crippen LogP contribution in [-0.4, -0.2) is 56.2 Å². The average Bonchev–Trinajstić information content (AvgIpc) is 2.94. The van der Waals surface area contributed by atoms with Crippen LogP contribution in [0, 0.1) is 0 Å². The van der Waals surface area contributed by atoms with E-state index in [9.17, 15) is 9.59 Å². The number of nitrogens with one attached hydrogen (secondary N) is 1. The highest BCUT2D eigenvalue weighted by Gasteiger charge is 2.30. The minimum Gasteiger partial charge on any atom is -0.477 e. The zero-order valence-corrected chi connectivity index (χ0v) is 11.2. The number of hydrogen-bond acceptors (Lipinski definition) is 4. The number of H-pyrrole nitrogens is 1. The van der Waals surface area contributed by atoms with E-state index in [-0.39, 0.29) is 30.6 Å². The smallest absolute Gasteiger partial charge is 0.354 e. The van der Waals surface area contributed by atoms with Gasteiger partial charge in [-0.15, -0.1) is 0 Å². The van der Waals surface area contributed by atoms with Crippen molar-refractivity contribution < 1.29 is 19.8 Å². The number of rotatable bonds is 5. The molecule has 0 aliphatic heterocycles. The first kappa shape index (κ1) is 14.5. The van der Waals surface area contributed by atoms with Crippen LogP contribution < -0.4 is 0 Å². The fourth-order valence-corrected chi connectivity index (χ4v) is 2.71. The van der Waals surface area contributed by atoms with E-state index in [2.05, 4.69) is 9.97 Å². The van der Waals surface area contributed by atoms with Crippen molar-refractivity contribution in [1.29, 1.82) is 0 Å². The topological polar surface area (TPSA) is 107 Å². The largest absolute Gasteiger partial charge is 0.477 e. The Kier molecular flexibility index (Phi) is 4.73. The molecular weight excluding hydrogens is 262 g/mol. The monoisotopic (exact) mass is 281 g/mol. The van der Waals surface area contributed by atoms with Crippen LogP contribution in [0.2, 0.25) is 0 Å². The molecule has 0 radical (unpaired) electrons. The molecule has 0 unspecified atom stereocenters. The highest BCUT2D eigenvalue weighted by Crippen LogP contribution is 2.24. The fraction of sp³-hybridized carbons (Fsp3) is 0.615. The maximum Gasteiger partial charge on any atom is 0.354 e. The van der Waals surface area contributed by atoms with Gasteiger partial charge in [-0.25, -0.2) is 9.78 Å². The molecule has 1 aliphatic rings. The minimum absolute atomic E-state index is 0.0572. The lowest BCUT2D eigenvalue weighted by Gasteiger charge is -2.33. The molecule has 1 amide bonds. The number of aliphatic hydroxyl groups excluding tert-OH is 1. The van der Waals surface area contributed by atoms with Gasteiger partial charge in [-0.3, -0.25) is 4.79 Å². The highest BCUT2D eigenvalue weighted by molar-refractivity contribution is 6.02. The van der Waals surface area contributed by atoms with E-state index in [0.717, 1.165) is 32.1 Å². The number of aromatic carboxylic acids is 1. The Labute approximate surface area is 116 Å². The van der Waals surface area contributed by atoms with Gasteiger partial charge in [-0.2, -0.15) is 0 Å². The molecule has 1 aliphatic carbocycles. The fourth-order valence-electron chi connectivity index (χ4n) is 2.71. The maximum absolute atomic E-state index is 12.5. The number of nitrogens with zero attached hydrogens (tertiary/aromatic N) is 2. The van der Waals surface area contributed by atoms with E-state index >= 15 is 0 Å². The second-order valence-corrected chi connectivity index (χ2v) is 4.95. The van der Waals surface area contributed by atoms with Crippen LogP contribution in [0.5, 0.6) is 0 Å². The van der Waals surface area contributed by atoms with Gasteiger partial charge in [0.05, 0.1) is 12.9 Å². The van der Waals surface area contributed by atoms with Gasteiger partial charge in [0.1, 0.15) is 0 Å². The average molecular weight is 281 g/mol. The Morgan fingerprint density at radius 3 is 2.65 bits per heavy atom. The summed E-state index contributed by atoms with van der Waals surface area (Å²) in [6, 6.07) is 0.0572. The van der Waals surface area contributed by atoms with Gasteiger partial charge in [0.15, 0.2) is 11.4 Å². The zero-order valence-electron chi connectivity index (χ0n) is 11.2. The van der Waals surface area contributed by atoms with Gasteiger partial charge in [0, 0.05) is 12.6 Å². The van der Waals surface area contributed by atoms with Crippen LogP contribution in [0.25, 0.3) is 0 Å². The third-order valence-electron chi connectivity index (χ3n) is 3.67. The quantitative estimate of drug-likeness (QED) is 0.742. The van der Waals surface area contributed by atoms with Crippen LogP contribution in [0.1, 0.15) is 53.1 Å². The molecule has 7 heteroatoms. The lowest BCUT2D eigenvalue weighted by Crippen LogP contribution is -2.43. The molecule has 3 N–H and O–H groups in total. The molecule has 7 nitrogen and oxygen atoms in total. The summed E-state index contributed by atoms with van der Waals surface area (Å²) in [6.07, 6.45) is 6.23. The molecule has 0 aromatic carbocycles. The van der Waals surface area contributed by atoms with Gasteiger partial charge >= 0.3 is 5.97 Å². The third kappa shape index (κ3) is 2.98. The van der Waals surface area contributed by atoms with E-state index < -0.39 is 11.9 Å². The van der Waals surface area contributed by atoms with Gasteiger partial charge in [-0.05, 0) is 12.8 Å². The van der Waals surface area contributed by atoms with Crippen molar-refractivity contribution in [2.75, 3.05) is 13.2 Å². The summed E-state index contributed by atoms with van der Waals surface area (Å²) in [6.45, 7) is 0.0600. The number of carbonyl (C=O) groups is 2. The predicted molar refractivity (Wildman–Crippen MR) is 70.5 cm³/mol. The summed E-state index contributed by atoms with van der Waals surface area (Å²) in [7, 11) is 0. The number of aliphatic hydroxyl groups is 1. The number of aromatic nitrogens is 2. The van der Waals surface area contributed by atoms with Crippen molar-refractivity contribution >= 4 is 11.9 Å². The van der Waals surface area contributed by atoms with Crippen LogP contribution >= 0.6 is 0 Å². The lowest BCUT2D eigenvalue weighted by atomic mass is 9.94. The Balaban J connectivity index is 2.21. The molecule has 0 atom stereocenters. The lowest BCUT2D eigenvalue weighted by molar-refractivity contribution is 0.0565. The van der Waals surface area contributed by atoms with Gasteiger partial charge in [0.2, 0.25) is 0 Å². The number of carboxylic acids is 1. The number of hydrogen-bond donors (Lipinski definition) is 3. The molecule has 1 fully saturated rings. The van der Waals surface area contributed by atoms with Gasteiger partial charge in [-0.1, -0.05) is 19.3 Å². The molecule has 1 heterocycles. The molecule has 110 valence electrons. The Bertz CT molecular complexity index is 480. The van der Waals surface area contributed by atoms with E-state index in [1.165, 1.54) is 6.33 Å². The van der Waals surface area contributed by atoms with Gasteiger partial charge in [0.25, 0.3) is 5.91 Å². The molecule has 0 saturated heterocycles. The van der Waals surface area contributed by atoms with E-state index in [1.54, 1.807) is 4.90 Å². The molecule has 0 spiro atoms. The molecule has 0 bridgehead atoms. The number of amides is 1. The van der Waals surface area contributed by atoms with E-state index in [0.29, 0.717) is 0 Å². The minimum atomic E-state index is -1.21. The molecular formula is C13H19N3O4. The zero-order chi connectivity index (χ0) is 14.5. The summed E-state index contributed by atoms with van der Waals surface area (Å²) in [5, 5.41) is 18.2. The predicted octanol–water partition coefficient (Wildman–Crippen LogP) is 0.875. The highest BCUT2D eigenvalue weighted by atomic mass is 16.4. The van der Waals surface area contributed by atoms with E-state index in [4.69, 9.17) is 10.2 Å². The normalized spacial score (nSPS) is 16.1. The van der Waals surface area contributed by atoms with Crippen molar-refractivity contribution in [2.24, 2.45) is 0 Å². The second kappa shape index (κ2) is 6.51. The maximum atomic E-state index is 12.5. The summed E-state index contributed by atoms with van der Waals surface area (Å²) >= 11 is 0. The van der Waals surface area contributed by atoms with Crippen LogP contribution in [-0.2, 0) is 0 Å². The Morgan fingerprint density at radius 1 is 1.35 bits per heavy atom. The number of imidazole rings is 1. The van der Waals surface area contributed by atoms with Crippen LogP contribution in [0.3, 0.4) is 0 Å². The van der Waals surface area contributed by atoms with Crippen molar-refractivity contribution in [2.45, 2.75) is 38.1 Å². The Hall–Kier alpha value is -1.89. The Morgan fingerprint density at radius 2 is 2.05 bits per heavy atom. The first-order chi connectivity index (χ1) is 9.65. The van der Waals surface area contributed by atoms with Crippen LogP contribution in [0.4, 0.5) is 0 Å². The van der Waals surface area contributed by atoms with E-state index in [1.807, 2.05) is 0 Å². The standard InChI is InChI=1S/C13H19N3O4/c17-7-6-16(9-4-2-1-3-5-9)12(18)10-11(13(19)20)15-8-14-10/h8-9,17H,1-7H2,(H,14,15)(H,19,20). The molecule has 1 aromatic rings. The molecule has 1 saturated carbocycles. The summed E-state index contributed by atoms with van der Waals surface area (Å²) in [4.78, 5) is 31.4.